The van der Waals surface area contributed by atoms with Crippen LogP contribution in [0.5, 0.6) is 0 Å². The first-order valence-corrected chi connectivity index (χ1v) is 43.7. The van der Waals surface area contributed by atoms with Crippen LogP contribution in [0.4, 0.5) is 0 Å². The van der Waals surface area contributed by atoms with E-state index in [-0.39, 0.29) is 21.8 Å². The van der Waals surface area contributed by atoms with Crippen molar-refractivity contribution < 1.29 is 37.6 Å². The number of benzene rings is 10. The van der Waals surface area contributed by atoms with Gasteiger partial charge in [-0.1, -0.05) is 194 Å². The van der Waals surface area contributed by atoms with E-state index in [1.807, 2.05) is 0 Å². The van der Waals surface area contributed by atoms with Crippen LogP contribution in [0.25, 0.3) is 0 Å². The molecule has 0 atom stereocenters. The van der Waals surface area contributed by atoms with E-state index >= 15 is 0 Å². The van der Waals surface area contributed by atoms with Crippen molar-refractivity contribution in [2.45, 2.75) is 33.1 Å². The van der Waals surface area contributed by atoms with Crippen LogP contribution in [0.1, 0.15) is 29.2 Å². The summed E-state index contributed by atoms with van der Waals surface area (Å²) in [4.78, 5) is 0. The van der Waals surface area contributed by atoms with E-state index in [9.17, 15) is 0 Å². The Kier molecular flexibility index (Phi) is 38.1. The third-order valence-corrected chi connectivity index (χ3v) is 25.9. The molecule has 10 aromatic carbocycles. The molecule has 0 aliphatic heterocycles. The van der Waals surface area contributed by atoms with Gasteiger partial charge in [-0.15, -0.1) is 0 Å². The van der Waals surface area contributed by atoms with E-state index in [4.69, 9.17) is 24.5 Å². The van der Waals surface area contributed by atoms with Crippen LogP contribution >= 0.6 is 60.8 Å². The Morgan fingerprint density at radius 1 is 0.284 bits per heavy atom. The molecule has 0 saturated heterocycles. The molecule has 5 nitrogen and oxygen atoms in total. The van der Waals surface area contributed by atoms with E-state index in [1.165, 1.54) is 89.3 Å². The van der Waals surface area contributed by atoms with Gasteiger partial charge in [-0.2, -0.15) is 0 Å². The third kappa shape index (κ3) is 26.6. The zero-order valence-electron chi connectivity index (χ0n) is 50.2. The topological polar surface area (TPSA) is 68.3 Å². The number of hydrogen-bond donors (Lipinski definition) is 5. The third-order valence-electron chi connectivity index (χ3n) is 14.7. The molecule has 0 amide bonds. The van der Waals surface area contributed by atoms with E-state index in [0.29, 0.717) is 0 Å². The summed E-state index contributed by atoms with van der Waals surface area (Å²) in [5.74, 6) is 0. The van der Waals surface area contributed by atoms with E-state index in [1.54, 1.807) is 24.2 Å². The molecule has 0 spiro atoms. The molecule has 458 valence electrons. The molecule has 0 heterocycles. The van der Waals surface area contributed by atoms with Crippen molar-refractivity contribution in [3.63, 3.8) is 0 Å². The van der Waals surface area contributed by atoms with Gasteiger partial charge in [-0.3, -0.25) is 0 Å². The second kappa shape index (κ2) is 46.0. The molecule has 88 heavy (non-hydrogen) atoms. The minimum Gasteiger partial charge on any atom is -0.309 e. The molecular weight excluding hydrogens is 1390 g/mol. The van der Waals surface area contributed by atoms with Crippen LogP contribution in [-0.2, 0) is 58.6 Å². The summed E-state index contributed by atoms with van der Waals surface area (Å²) in [7, 11) is 11.1. The average Bonchev–Trinajstić information content (AvgIpc) is 3.64. The maximum absolute atomic E-state index is 7.57. The second-order valence-corrected chi connectivity index (χ2v) is 33.5. The zero-order chi connectivity index (χ0) is 61.9. The van der Waals surface area contributed by atoms with Gasteiger partial charge >= 0.3 is 61.5 Å². The number of rotatable bonds is 28. The molecule has 14 heteroatoms. The van der Waals surface area contributed by atoms with Crippen LogP contribution < -0.4 is 63.7 Å². The van der Waals surface area contributed by atoms with Crippen molar-refractivity contribution in [2.24, 2.45) is 0 Å². The Bertz CT molecular complexity index is 2710. The minimum atomic E-state index is -0.806. The maximum atomic E-state index is 7.57. The molecule has 10 aromatic rings. The van der Waals surface area contributed by atoms with Crippen molar-refractivity contribution >= 4 is 103 Å². The predicted octanol–water partition coefficient (Wildman–Crippen LogP) is 13.0. The first-order chi connectivity index (χ1) is 43.6. The molecule has 0 fully saturated rings. The average molecular weight is 1480 g/mol. The fraction of sp³-hybridized carbons (Fsp3) is 0.189. The Labute approximate surface area is 561 Å². The van der Waals surface area contributed by atoms with Crippen molar-refractivity contribution in [1.29, 1.82) is 0 Å². The molecule has 0 aliphatic rings. The summed E-state index contributed by atoms with van der Waals surface area (Å²) < 4.78 is 0. The Hall–Kier alpha value is -4.16. The molecule has 0 aliphatic carbocycles. The maximum Gasteiger partial charge on any atom is 0.0967 e. The fourth-order valence-electron chi connectivity index (χ4n) is 10.5. The van der Waals surface area contributed by atoms with Gasteiger partial charge in [-0.05, 0) is 126 Å². The monoisotopic (exact) mass is 1480 g/mol. The van der Waals surface area contributed by atoms with E-state index in [0.717, 1.165) is 52.4 Å². The van der Waals surface area contributed by atoms with Crippen molar-refractivity contribution in [1.82, 2.24) is 21.3 Å². The molecule has 0 radical (unpaired) electrons. The van der Waals surface area contributed by atoms with Gasteiger partial charge in [0.15, 0.2) is 0 Å². The largest absolute Gasteiger partial charge is 0.309 e. The number of hydrogen-bond acceptors (Lipinski definition) is 5. The zero-order valence-corrected chi connectivity index (χ0v) is 60.1. The minimum absolute atomic E-state index is 0.250. The van der Waals surface area contributed by atoms with Crippen LogP contribution in [0.2, 0.25) is 0 Å². The first-order valence-electron chi connectivity index (χ1n) is 30.0. The van der Waals surface area contributed by atoms with Gasteiger partial charge in [0.1, 0.15) is 0 Å². The van der Waals surface area contributed by atoms with Crippen molar-refractivity contribution in [2.75, 3.05) is 57.4 Å². The van der Waals surface area contributed by atoms with Gasteiger partial charge in [0.25, 0.3) is 0 Å². The van der Waals surface area contributed by atoms with Crippen LogP contribution in [0.15, 0.2) is 291 Å². The van der Waals surface area contributed by atoms with E-state index < -0.39 is 31.7 Å². The molecule has 0 bridgehead atoms. The summed E-state index contributed by atoms with van der Waals surface area (Å²) in [5.41, 5.74) is 5.55. The summed E-state index contributed by atoms with van der Waals surface area (Å²) in [5, 5.41) is 34.5. The predicted molar refractivity (Wildman–Crippen MR) is 393 cm³/mol. The summed E-state index contributed by atoms with van der Waals surface area (Å²) >= 11 is 1.28. The first kappa shape index (κ1) is 72.9. The summed E-state index contributed by atoms with van der Waals surface area (Å²) in [6, 6.07) is 106. The number of aliphatic hydroxyl groups excluding tert-OH is 1. The molecule has 0 saturated carbocycles. The Morgan fingerprint density at radius 3 is 0.545 bits per heavy atom. The second-order valence-electron chi connectivity index (χ2n) is 20.5. The molecule has 0 aromatic heterocycles. The van der Waals surface area contributed by atoms with Gasteiger partial charge in [0, 0.05) is 59.0 Å². The van der Waals surface area contributed by atoms with Crippen LogP contribution in [0.3, 0.4) is 0 Å². The van der Waals surface area contributed by atoms with Gasteiger partial charge < -0.3 is 26.4 Å². The smallest absolute Gasteiger partial charge is 0.0967 e. The molecule has 10 rings (SSSR count). The Morgan fingerprint density at radius 2 is 0.409 bits per heavy atom. The van der Waals surface area contributed by atoms with Gasteiger partial charge in [0.2, 0.25) is 0 Å². The summed E-state index contributed by atoms with van der Waals surface area (Å²) in [6.07, 6.45) is 4.68. The SMILES string of the molecule is CCO.[Cl][Ru+2][Cl].[Cl][RuH+2].c1ccc([PH+](CCNCc2ccccc2CNCC[PH+](c2ccccc2)c2ccccc2)c2ccccc2)cc1.c1ccc([PH+](CCNCc2ccccc2CNCC[PH+](c2ccccc2)c2ccccc2)c2ccccc2)cc1. The molecule has 5 N–H and O–H groups in total. The molecule has 0 unspecified atom stereocenters. The van der Waals surface area contributed by atoms with Crippen molar-refractivity contribution in [3.05, 3.63) is 313 Å². The van der Waals surface area contributed by atoms with E-state index in [2.05, 4.69) is 322 Å². The quantitative estimate of drug-likeness (QED) is 0.0192. The standard InChI is InChI=1S/2C36H38N2P2.C2H6O.3ClH.2Ru.H/c2*1-5-17-33(18-6-1)39(34-19-7-2-8-20-34)27-25-37-29-31-15-13-14-16-32(31)30-38-26-28-40(35-21-9-3-10-22-35)36-23-11-4-12-24-36;1-2-3;;;;;;/h2*1-24,37-38H,25-30H2;3H,2H2,1H3;3*1H;;;/q;;;;;;+3;+4;/p+1. The van der Waals surface area contributed by atoms with Crippen LogP contribution in [-0.4, -0.2) is 62.5 Å². The van der Waals surface area contributed by atoms with Crippen LogP contribution in [0, 0.1) is 0 Å². The number of halogens is 3. The van der Waals surface area contributed by atoms with Gasteiger partial charge in [0.05, 0.1) is 98.8 Å². The fourth-order valence-corrected chi connectivity index (χ4v) is 20.6. The van der Waals surface area contributed by atoms with Gasteiger partial charge in [-0.25, -0.2) is 0 Å². The summed E-state index contributed by atoms with van der Waals surface area (Å²) in [6.45, 7) is 9.59. The number of nitrogens with one attached hydrogen (secondary N) is 4. The Balaban J connectivity index is 0.000000251. The van der Waals surface area contributed by atoms with Crippen molar-refractivity contribution in [3.8, 4) is 0 Å². The number of aliphatic hydroxyl groups is 1. The molecular formula is C74H87Cl3N4OP4Ru2+8. The normalized spacial score (nSPS) is 10.7.